The molecule has 0 saturated heterocycles. The van der Waals surface area contributed by atoms with Crippen molar-refractivity contribution in [3.05, 3.63) is 34.3 Å². The second-order valence-electron chi connectivity index (χ2n) is 4.63. The Kier molecular flexibility index (Phi) is 7.56. The van der Waals surface area contributed by atoms with E-state index in [1.807, 2.05) is 18.2 Å². The summed E-state index contributed by atoms with van der Waals surface area (Å²) in [4.78, 5) is 0. The van der Waals surface area contributed by atoms with Crippen LogP contribution in [0.4, 0.5) is 0 Å². The molecule has 1 unspecified atom stereocenters. The predicted molar refractivity (Wildman–Crippen MR) is 80.8 cm³/mol. The summed E-state index contributed by atoms with van der Waals surface area (Å²) in [6, 6.07) is 8.80. The van der Waals surface area contributed by atoms with Crippen LogP contribution < -0.4 is 5.32 Å². The number of halogens is 1. The summed E-state index contributed by atoms with van der Waals surface area (Å²) < 4.78 is 6.97. The van der Waals surface area contributed by atoms with Gasteiger partial charge in [-0.2, -0.15) is 0 Å². The molecule has 1 aromatic rings. The summed E-state index contributed by atoms with van der Waals surface area (Å²) in [7, 11) is 0. The van der Waals surface area contributed by atoms with Gasteiger partial charge >= 0.3 is 0 Å². The van der Waals surface area contributed by atoms with Gasteiger partial charge in [-0.1, -0.05) is 48.0 Å². The van der Waals surface area contributed by atoms with E-state index in [4.69, 9.17) is 4.74 Å². The minimum atomic E-state index is 0.234. The van der Waals surface area contributed by atoms with E-state index in [9.17, 15) is 0 Å². The van der Waals surface area contributed by atoms with Crippen molar-refractivity contribution in [3.63, 3.8) is 0 Å². The Morgan fingerprint density at radius 2 is 1.89 bits per heavy atom. The Morgan fingerprint density at radius 1 is 1.22 bits per heavy atom. The summed E-state index contributed by atoms with van der Waals surface area (Å²) in [6.45, 7) is 8.12. The molecule has 0 aliphatic carbocycles. The second kappa shape index (κ2) is 8.68. The predicted octanol–water partition coefficient (Wildman–Crippen LogP) is 4.13. The van der Waals surface area contributed by atoms with Crippen LogP contribution in [-0.4, -0.2) is 18.7 Å². The van der Waals surface area contributed by atoms with E-state index in [1.54, 1.807) is 0 Å². The van der Waals surface area contributed by atoms with Crippen molar-refractivity contribution in [1.82, 2.24) is 5.32 Å². The zero-order valence-electron chi connectivity index (χ0n) is 11.6. The highest BCUT2D eigenvalue weighted by molar-refractivity contribution is 9.10. The van der Waals surface area contributed by atoms with Crippen molar-refractivity contribution >= 4 is 15.9 Å². The normalized spacial score (nSPS) is 12.9. The van der Waals surface area contributed by atoms with E-state index in [2.05, 4.69) is 48.1 Å². The third-order valence-electron chi connectivity index (χ3n) is 3.16. The first kappa shape index (κ1) is 15.7. The molecular weight excluding hydrogens is 290 g/mol. The highest BCUT2D eigenvalue weighted by Gasteiger charge is 2.07. The van der Waals surface area contributed by atoms with Crippen LogP contribution in [-0.2, 0) is 11.3 Å². The van der Waals surface area contributed by atoms with Crippen molar-refractivity contribution < 1.29 is 4.74 Å². The molecule has 0 fully saturated rings. The van der Waals surface area contributed by atoms with Gasteiger partial charge in [-0.15, -0.1) is 0 Å². The zero-order chi connectivity index (χ0) is 13.4. The number of nitrogens with one attached hydrogen (secondary N) is 1. The molecule has 0 saturated carbocycles. The first-order chi connectivity index (χ1) is 8.67. The van der Waals surface area contributed by atoms with Gasteiger partial charge in [-0.3, -0.25) is 0 Å². The molecule has 3 heteroatoms. The van der Waals surface area contributed by atoms with Gasteiger partial charge in [-0.25, -0.2) is 0 Å². The van der Waals surface area contributed by atoms with E-state index in [0.717, 1.165) is 11.0 Å². The van der Waals surface area contributed by atoms with Gasteiger partial charge in [0.05, 0.1) is 12.7 Å². The van der Waals surface area contributed by atoms with Gasteiger partial charge in [0.2, 0.25) is 0 Å². The molecule has 102 valence electrons. The standard InChI is InChI=1S/C15H24BrNO/c1-4-14(5-2)17-10-12(3)18-11-13-8-6-7-9-15(13)16/h6-9,12,14,17H,4-5,10-11H2,1-3H3. The largest absolute Gasteiger partial charge is 0.372 e. The molecule has 0 radical (unpaired) electrons. The van der Waals surface area contributed by atoms with Crippen LogP contribution in [0.2, 0.25) is 0 Å². The maximum absolute atomic E-state index is 5.86. The Morgan fingerprint density at radius 3 is 2.50 bits per heavy atom. The number of benzene rings is 1. The molecule has 0 aromatic heterocycles. The first-order valence-corrected chi connectivity index (χ1v) is 7.55. The molecule has 0 aliphatic rings. The van der Waals surface area contributed by atoms with Crippen molar-refractivity contribution in [2.75, 3.05) is 6.54 Å². The van der Waals surface area contributed by atoms with Gasteiger partial charge < -0.3 is 10.1 Å². The van der Waals surface area contributed by atoms with Crippen LogP contribution in [0.1, 0.15) is 39.2 Å². The fraction of sp³-hybridized carbons (Fsp3) is 0.600. The molecule has 18 heavy (non-hydrogen) atoms. The molecule has 1 rings (SSSR count). The lowest BCUT2D eigenvalue weighted by atomic mass is 10.1. The lowest BCUT2D eigenvalue weighted by molar-refractivity contribution is 0.0508. The van der Waals surface area contributed by atoms with Gasteiger partial charge in [0.25, 0.3) is 0 Å². The van der Waals surface area contributed by atoms with E-state index < -0.39 is 0 Å². The summed E-state index contributed by atoms with van der Waals surface area (Å²) >= 11 is 3.54. The smallest absolute Gasteiger partial charge is 0.0732 e. The molecule has 1 aromatic carbocycles. The number of hydrogen-bond donors (Lipinski definition) is 1. The average molecular weight is 314 g/mol. The van der Waals surface area contributed by atoms with E-state index >= 15 is 0 Å². The zero-order valence-corrected chi connectivity index (χ0v) is 13.2. The fourth-order valence-corrected chi connectivity index (χ4v) is 2.22. The van der Waals surface area contributed by atoms with Crippen LogP contribution in [0, 0.1) is 0 Å². The van der Waals surface area contributed by atoms with Crippen molar-refractivity contribution in [2.45, 2.75) is 52.4 Å². The van der Waals surface area contributed by atoms with Crippen LogP contribution in [0.3, 0.4) is 0 Å². The highest BCUT2D eigenvalue weighted by atomic mass is 79.9. The van der Waals surface area contributed by atoms with Crippen LogP contribution >= 0.6 is 15.9 Å². The molecular formula is C15H24BrNO. The van der Waals surface area contributed by atoms with Gasteiger partial charge in [0.1, 0.15) is 0 Å². The number of rotatable bonds is 8. The van der Waals surface area contributed by atoms with E-state index in [-0.39, 0.29) is 6.10 Å². The first-order valence-electron chi connectivity index (χ1n) is 6.75. The van der Waals surface area contributed by atoms with E-state index in [0.29, 0.717) is 12.6 Å². The maximum Gasteiger partial charge on any atom is 0.0732 e. The summed E-state index contributed by atoms with van der Waals surface area (Å²) in [5.41, 5.74) is 1.20. The molecule has 0 heterocycles. The van der Waals surface area contributed by atoms with Gasteiger partial charge in [-0.05, 0) is 31.4 Å². The third-order valence-corrected chi connectivity index (χ3v) is 3.93. The molecule has 0 aliphatic heterocycles. The lowest BCUT2D eigenvalue weighted by Crippen LogP contribution is -2.34. The highest BCUT2D eigenvalue weighted by Crippen LogP contribution is 2.17. The average Bonchev–Trinajstić information content (AvgIpc) is 2.39. The Hall–Kier alpha value is -0.380. The quantitative estimate of drug-likeness (QED) is 0.779. The summed E-state index contributed by atoms with van der Waals surface area (Å²) in [5, 5.41) is 3.53. The van der Waals surface area contributed by atoms with Gasteiger partial charge in [0.15, 0.2) is 0 Å². The van der Waals surface area contributed by atoms with E-state index in [1.165, 1.54) is 18.4 Å². The Labute approximate surface area is 119 Å². The van der Waals surface area contributed by atoms with Crippen LogP contribution in [0.15, 0.2) is 28.7 Å². The molecule has 1 N–H and O–H groups in total. The third kappa shape index (κ3) is 5.51. The molecule has 0 amide bonds. The molecule has 2 nitrogen and oxygen atoms in total. The topological polar surface area (TPSA) is 21.3 Å². The van der Waals surface area contributed by atoms with Crippen molar-refractivity contribution in [1.29, 1.82) is 0 Å². The Balaban J connectivity index is 2.29. The minimum absolute atomic E-state index is 0.234. The summed E-state index contributed by atoms with van der Waals surface area (Å²) in [6.07, 6.45) is 2.58. The maximum atomic E-state index is 5.86. The second-order valence-corrected chi connectivity index (χ2v) is 5.49. The molecule has 1 atom stereocenters. The summed E-state index contributed by atoms with van der Waals surface area (Å²) in [5.74, 6) is 0. The van der Waals surface area contributed by atoms with Crippen molar-refractivity contribution in [2.24, 2.45) is 0 Å². The SMILES string of the molecule is CCC(CC)NCC(C)OCc1ccccc1Br. The minimum Gasteiger partial charge on any atom is -0.372 e. The number of ether oxygens (including phenoxy) is 1. The monoisotopic (exact) mass is 313 g/mol. The Bertz CT molecular complexity index is 339. The van der Waals surface area contributed by atoms with Crippen molar-refractivity contribution in [3.8, 4) is 0 Å². The van der Waals surface area contributed by atoms with Crippen LogP contribution in [0.25, 0.3) is 0 Å². The van der Waals surface area contributed by atoms with Crippen LogP contribution in [0.5, 0.6) is 0 Å². The fourth-order valence-electron chi connectivity index (χ4n) is 1.82. The van der Waals surface area contributed by atoms with Gasteiger partial charge in [0, 0.05) is 17.1 Å². The number of hydrogen-bond acceptors (Lipinski definition) is 2. The molecule has 0 bridgehead atoms. The lowest BCUT2D eigenvalue weighted by Gasteiger charge is -2.19. The molecule has 0 spiro atoms.